The highest BCUT2D eigenvalue weighted by Gasteiger charge is 2.20. The fraction of sp³-hybridized carbons (Fsp3) is 0.350. The predicted molar refractivity (Wildman–Crippen MR) is 97.4 cm³/mol. The van der Waals surface area contributed by atoms with Crippen molar-refractivity contribution in [2.24, 2.45) is 0 Å². The fourth-order valence-electron chi connectivity index (χ4n) is 3.56. The third-order valence-corrected chi connectivity index (χ3v) is 4.97. The molecule has 1 saturated heterocycles. The number of benzene rings is 2. The van der Waals surface area contributed by atoms with Crippen molar-refractivity contribution in [1.29, 1.82) is 0 Å². The topological polar surface area (TPSA) is 35.6 Å². The second-order valence-electron chi connectivity index (χ2n) is 6.82. The third-order valence-electron chi connectivity index (χ3n) is 4.97. The van der Waals surface area contributed by atoms with Gasteiger partial charge in [-0.15, -0.1) is 0 Å². The minimum Gasteiger partial charge on any atom is -0.369 e. The molecule has 2 heterocycles. The normalized spacial score (nSPS) is 17.7. The van der Waals surface area contributed by atoms with Gasteiger partial charge in [0.25, 0.3) is 0 Å². The van der Waals surface area contributed by atoms with Crippen LogP contribution in [0.2, 0.25) is 0 Å². The molecule has 1 N–H and O–H groups in total. The van der Waals surface area contributed by atoms with E-state index in [4.69, 9.17) is 0 Å². The molecule has 0 unspecified atom stereocenters. The average molecular weight is 321 g/mol. The zero-order chi connectivity index (χ0) is 16.5. The highest BCUT2D eigenvalue weighted by molar-refractivity contribution is 5.99. The molecule has 124 valence electrons. The first-order valence-corrected chi connectivity index (χ1v) is 8.63. The summed E-state index contributed by atoms with van der Waals surface area (Å²) in [7, 11) is 0. The van der Waals surface area contributed by atoms with Gasteiger partial charge in [-0.05, 0) is 36.2 Å². The van der Waals surface area contributed by atoms with E-state index in [-0.39, 0.29) is 5.91 Å². The van der Waals surface area contributed by atoms with E-state index in [1.54, 1.807) is 0 Å². The number of carbonyl (C=O) groups is 1. The number of nitrogens with zero attached hydrogens (tertiary/aromatic N) is 2. The Morgan fingerprint density at radius 2 is 1.75 bits per heavy atom. The molecular formula is C20H23N3O. The summed E-state index contributed by atoms with van der Waals surface area (Å²) in [6.07, 6.45) is 0.518. The maximum absolute atomic E-state index is 11.5. The van der Waals surface area contributed by atoms with Gasteiger partial charge in [-0.3, -0.25) is 9.69 Å². The van der Waals surface area contributed by atoms with Crippen LogP contribution in [0, 0.1) is 6.92 Å². The first-order valence-electron chi connectivity index (χ1n) is 8.63. The van der Waals surface area contributed by atoms with Crippen molar-refractivity contribution >= 4 is 17.3 Å². The van der Waals surface area contributed by atoms with Crippen molar-refractivity contribution < 1.29 is 4.79 Å². The standard InChI is InChI=1S/C20H23N3O/c1-15-2-5-18(6-3-15)23-10-8-22(9-11-23)14-16-4-7-19-17(12-16)13-20(24)21-19/h2-7,12H,8-11,13-14H2,1H3,(H,21,24). The molecule has 1 fully saturated rings. The molecular weight excluding hydrogens is 298 g/mol. The van der Waals surface area contributed by atoms with Gasteiger partial charge in [0.2, 0.25) is 5.91 Å². The molecule has 4 nitrogen and oxygen atoms in total. The lowest BCUT2D eigenvalue weighted by atomic mass is 10.1. The van der Waals surface area contributed by atoms with Crippen LogP contribution in [0.3, 0.4) is 0 Å². The number of hydrogen-bond acceptors (Lipinski definition) is 3. The number of aryl methyl sites for hydroxylation is 1. The summed E-state index contributed by atoms with van der Waals surface area (Å²) in [4.78, 5) is 16.4. The Hall–Kier alpha value is -2.33. The van der Waals surface area contributed by atoms with Crippen molar-refractivity contribution in [2.45, 2.75) is 19.9 Å². The number of carbonyl (C=O) groups excluding carboxylic acids is 1. The van der Waals surface area contributed by atoms with Gasteiger partial charge in [0.15, 0.2) is 0 Å². The number of amides is 1. The summed E-state index contributed by atoms with van der Waals surface area (Å²) in [5, 5.41) is 2.90. The number of nitrogens with one attached hydrogen (secondary N) is 1. The van der Waals surface area contributed by atoms with Crippen molar-refractivity contribution in [2.75, 3.05) is 36.4 Å². The molecule has 2 aliphatic rings. The molecule has 2 aliphatic heterocycles. The SMILES string of the molecule is Cc1ccc(N2CCN(Cc3ccc4c(c3)CC(=O)N4)CC2)cc1. The lowest BCUT2D eigenvalue weighted by Gasteiger charge is -2.36. The molecule has 4 heteroatoms. The van der Waals surface area contributed by atoms with Gasteiger partial charge in [-0.25, -0.2) is 0 Å². The quantitative estimate of drug-likeness (QED) is 0.944. The van der Waals surface area contributed by atoms with E-state index in [1.165, 1.54) is 16.8 Å². The first-order chi connectivity index (χ1) is 11.7. The van der Waals surface area contributed by atoms with Gasteiger partial charge in [0, 0.05) is 44.1 Å². The number of piperazine rings is 1. The zero-order valence-electron chi connectivity index (χ0n) is 14.1. The van der Waals surface area contributed by atoms with Gasteiger partial charge in [-0.2, -0.15) is 0 Å². The maximum Gasteiger partial charge on any atom is 0.228 e. The van der Waals surface area contributed by atoms with Crippen LogP contribution in [0.5, 0.6) is 0 Å². The number of fused-ring (bicyclic) bond motifs is 1. The number of anilines is 2. The molecule has 0 saturated carbocycles. The monoisotopic (exact) mass is 321 g/mol. The van der Waals surface area contributed by atoms with Gasteiger partial charge in [-0.1, -0.05) is 29.8 Å². The minimum atomic E-state index is 0.105. The Bertz CT molecular complexity index is 746. The zero-order valence-corrected chi connectivity index (χ0v) is 14.1. The van der Waals surface area contributed by atoms with E-state index >= 15 is 0 Å². The van der Waals surface area contributed by atoms with Gasteiger partial charge >= 0.3 is 0 Å². The summed E-state index contributed by atoms with van der Waals surface area (Å²) in [5.41, 5.74) is 6.04. The second-order valence-corrected chi connectivity index (χ2v) is 6.82. The predicted octanol–water partition coefficient (Wildman–Crippen LogP) is 2.81. The molecule has 0 aromatic heterocycles. The van der Waals surface area contributed by atoms with Crippen LogP contribution in [0.1, 0.15) is 16.7 Å². The highest BCUT2D eigenvalue weighted by atomic mass is 16.1. The van der Waals surface area contributed by atoms with E-state index in [0.717, 1.165) is 44.0 Å². The molecule has 24 heavy (non-hydrogen) atoms. The average Bonchev–Trinajstić information content (AvgIpc) is 2.96. The lowest BCUT2D eigenvalue weighted by molar-refractivity contribution is -0.115. The van der Waals surface area contributed by atoms with Gasteiger partial charge in [0.1, 0.15) is 0 Å². The molecule has 0 radical (unpaired) electrons. The van der Waals surface area contributed by atoms with Crippen LogP contribution in [0.15, 0.2) is 42.5 Å². The summed E-state index contributed by atoms with van der Waals surface area (Å²) < 4.78 is 0. The molecule has 4 rings (SSSR count). The van der Waals surface area contributed by atoms with Crippen molar-refractivity contribution in [3.05, 3.63) is 59.2 Å². The molecule has 0 bridgehead atoms. The summed E-state index contributed by atoms with van der Waals surface area (Å²) >= 11 is 0. The first kappa shape index (κ1) is 15.2. The van der Waals surface area contributed by atoms with Crippen molar-refractivity contribution in [3.63, 3.8) is 0 Å². The Morgan fingerprint density at radius 1 is 1.00 bits per heavy atom. The minimum absolute atomic E-state index is 0.105. The Kier molecular flexibility index (Phi) is 3.98. The molecule has 2 aromatic carbocycles. The van der Waals surface area contributed by atoms with E-state index < -0.39 is 0 Å². The van der Waals surface area contributed by atoms with E-state index in [0.29, 0.717) is 6.42 Å². The van der Waals surface area contributed by atoms with Gasteiger partial charge in [0.05, 0.1) is 6.42 Å². The molecule has 2 aromatic rings. The summed E-state index contributed by atoms with van der Waals surface area (Å²) in [6.45, 7) is 7.36. The smallest absolute Gasteiger partial charge is 0.228 e. The lowest BCUT2D eigenvalue weighted by Crippen LogP contribution is -2.45. The molecule has 0 atom stereocenters. The van der Waals surface area contributed by atoms with Crippen LogP contribution in [0.4, 0.5) is 11.4 Å². The number of rotatable bonds is 3. The summed E-state index contributed by atoms with van der Waals surface area (Å²) in [6, 6.07) is 15.2. The second kappa shape index (κ2) is 6.29. The molecule has 0 spiro atoms. The maximum atomic E-state index is 11.5. The van der Waals surface area contributed by atoms with E-state index in [9.17, 15) is 4.79 Å². The van der Waals surface area contributed by atoms with E-state index in [2.05, 4.69) is 58.4 Å². The fourth-order valence-corrected chi connectivity index (χ4v) is 3.56. The van der Waals surface area contributed by atoms with E-state index in [1.807, 2.05) is 6.07 Å². The van der Waals surface area contributed by atoms with Crippen molar-refractivity contribution in [1.82, 2.24) is 4.90 Å². The van der Waals surface area contributed by atoms with Crippen LogP contribution < -0.4 is 10.2 Å². The van der Waals surface area contributed by atoms with Crippen LogP contribution in [0.25, 0.3) is 0 Å². The van der Waals surface area contributed by atoms with Crippen LogP contribution in [-0.2, 0) is 17.8 Å². The number of hydrogen-bond donors (Lipinski definition) is 1. The Labute approximate surface area is 143 Å². The largest absolute Gasteiger partial charge is 0.369 e. The third kappa shape index (κ3) is 3.15. The van der Waals surface area contributed by atoms with Crippen LogP contribution in [-0.4, -0.2) is 37.0 Å². The highest BCUT2D eigenvalue weighted by Crippen LogP contribution is 2.25. The van der Waals surface area contributed by atoms with Crippen molar-refractivity contribution in [3.8, 4) is 0 Å². The Morgan fingerprint density at radius 3 is 2.50 bits per heavy atom. The van der Waals surface area contributed by atoms with Crippen LogP contribution >= 0.6 is 0 Å². The molecule has 0 aliphatic carbocycles. The Balaban J connectivity index is 1.36. The summed E-state index contributed by atoms with van der Waals surface area (Å²) in [5.74, 6) is 0.105. The molecule has 1 amide bonds. The van der Waals surface area contributed by atoms with Gasteiger partial charge < -0.3 is 10.2 Å².